The topological polar surface area (TPSA) is 81.4 Å². The molecule has 0 amide bonds. The maximum absolute atomic E-state index is 11.5. The van der Waals surface area contributed by atoms with Crippen molar-refractivity contribution < 1.29 is 13.2 Å². The average Bonchev–Trinajstić information content (AvgIpc) is 2.20. The highest BCUT2D eigenvalue weighted by Crippen LogP contribution is 2.24. The van der Waals surface area contributed by atoms with E-state index < -0.39 is 10.0 Å². The van der Waals surface area contributed by atoms with Crippen molar-refractivity contribution in [3.63, 3.8) is 0 Å². The number of para-hydroxylation sites is 2. The summed E-state index contributed by atoms with van der Waals surface area (Å²) in [6, 6.07) is 6.89. The first-order chi connectivity index (χ1) is 7.59. The summed E-state index contributed by atoms with van der Waals surface area (Å²) in [6.07, 6.45) is 0. The van der Waals surface area contributed by atoms with Crippen molar-refractivity contribution in [1.29, 1.82) is 0 Å². The molecule has 1 aromatic rings. The highest BCUT2D eigenvalue weighted by Gasteiger charge is 2.11. The van der Waals surface area contributed by atoms with Crippen molar-refractivity contribution >= 4 is 15.7 Å². The molecular formula is C10H16N2O3S. The summed E-state index contributed by atoms with van der Waals surface area (Å²) < 4.78 is 30.8. The van der Waals surface area contributed by atoms with Gasteiger partial charge in [0.1, 0.15) is 5.75 Å². The van der Waals surface area contributed by atoms with E-state index in [4.69, 9.17) is 10.5 Å². The fourth-order valence-electron chi connectivity index (χ4n) is 1.21. The van der Waals surface area contributed by atoms with Crippen LogP contribution in [-0.2, 0) is 10.0 Å². The van der Waals surface area contributed by atoms with Crippen LogP contribution in [0, 0.1) is 0 Å². The van der Waals surface area contributed by atoms with Crippen LogP contribution in [0.4, 0.5) is 5.69 Å². The molecule has 0 radical (unpaired) electrons. The Labute approximate surface area is 95.7 Å². The Morgan fingerprint density at radius 2 is 2.06 bits per heavy atom. The molecule has 0 saturated carbocycles. The number of anilines is 1. The molecule has 0 unspecified atom stereocenters. The van der Waals surface area contributed by atoms with E-state index in [1.54, 1.807) is 24.3 Å². The molecule has 0 atom stereocenters. The predicted octanol–water partition coefficient (Wildman–Crippen LogP) is 0.786. The van der Waals surface area contributed by atoms with Gasteiger partial charge in [-0.05, 0) is 19.1 Å². The number of sulfonamides is 1. The third-order valence-corrected chi connectivity index (χ3v) is 3.14. The van der Waals surface area contributed by atoms with E-state index in [9.17, 15) is 8.42 Å². The minimum absolute atomic E-state index is 0.0894. The molecule has 0 aliphatic carbocycles. The monoisotopic (exact) mass is 244 g/mol. The van der Waals surface area contributed by atoms with Gasteiger partial charge in [0.05, 0.1) is 18.0 Å². The lowest BCUT2D eigenvalue weighted by Crippen LogP contribution is -2.22. The van der Waals surface area contributed by atoms with Gasteiger partial charge < -0.3 is 10.5 Å². The quantitative estimate of drug-likeness (QED) is 0.775. The SMILES string of the molecule is CCOc1ccccc1NS(=O)(=O)CCN. The predicted molar refractivity (Wildman–Crippen MR) is 64.1 cm³/mol. The van der Waals surface area contributed by atoms with Gasteiger partial charge in [-0.2, -0.15) is 0 Å². The van der Waals surface area contributed by atoms with Crippen LogP contribution in [0.15, 0.2) is 24.3 Å². The number of hydrogen-bond acceptors (Lipinski definition) is 4. The summed E-state index contributed by atoms with van der Waals surface area (Å²) in [7, 11) is -3.38. The van der Waals surface area contributed by atoms with Gasteiger partial charge >= 0.3 is 0 Å². The lowest BCUT2D eigenvalue weighted by Gasteiger charge is -2.11. The van der Waals surface area contributed by atoms with Crippen LogP contribution in [-0.4, -0.2) is 27.3 Å². The molecule has 0 aromatic heterocycles. The third-order valence-electron chi connectivity index (χ3n) is 1.84. The molecule has 3 N–H and O–H groups in total. The molecule has 6 heteroatoms. The highest BCUT2D eigenvalue weighted by atomic mass is 32.2. The first-order valence-electron chi connectivity index (χ1n) is 5.01. The van der Waals surface area contributed by atoms with E-state index in [-0.39, 0.29) is 12.3 Å². The summed E-state index contributed by atoms with van der Waals surface area (Å²) in [5.74, 6) is 0.415. The Morgan fingerprint density at radius 3 is 2.69 bits per heavy atom. The highest BCUT2D eigenvalue weighted by molar-refractivity contribution is 7.92. The van der Waals surface area contributed by atoms with Gasteiger partial charge in [0.15, 0.2) is 0 Å². The molecule has 0 aliphatic heterocycles. The van der Waals surface area contributed by atoms with Crippen LogP contribution in [0.25, 0.3) is 0 Å². The maximum atomic E-state index is 11.5. The number of rotatable bonds is 6. The number of nitrogens with one attached hydrogen (secondary N) is 1. The smallest absolute Gasteiger partial charge is 0.234 e. The van der Waals surface area contributed by atoms with E-state index in [0.29, 0.717) is 18.0 Å². The summed E-state index contributed by atoms with van der Waals surface area (Å²) in [4.78, 5) is 0. The standard InChI is InChI=1S/C10H16N2O3S/c1-2-15-10-6-4-3-5-9(10)12-16(13,14)8-7-11/h3-6,12H,2,7-8,11H2,1H3. The molecule has 0 fully saturated rings. The van der Waals surface area contributed by atoms with E-state index in [2.05, 4.69) is 4.72 Å². The zero-order chi connectivity index (χ0) is 12.0. The van der Waals surface area contributed by atoms with Crippen LogP contribution < -0.4 is 15.2 Å². The summed E-state index contributed by atoms with van der Waals surface area (Å²) in [5.41, 5.74) is 5.66. The van der Waals surface area contributed by atoms with Gasteiger partial charge in [-0.25, -0.2) is 8.42 Å². The van der Waals surface area contributed by atoms with E-state index in [1.807, 2.05) is 6.92 Å². The zero-order valence-corrected chi connectivity index (χ0v) is 9.96. The normalized spacial score (nSPS) is 11.1. The lowest BCUT2D eigenvalue weighted by molar-refractivity contribution is 0.342. The summed E-state index contributed by atoms with van der Waals surface area (Å²) in [5, 5.41) is 0. The molecule has 0 saturated heterocycles. The first-order valence-corrected chi connectivity index (χ1v) is 6.66. The van der Waals surface area contributed by atoms with E-state index in [0.717, 1.165) is 0 Å². The van der Waals surface area contributed by atoms with Crippen LogP contribution in [0.5, 0.6) is 5.75 Å². The van der Waals surface area contributed by atoms with Crippen LogP contribution in [0.2, 0.25) is 0 Å². The zero-order valence-electron chi connectivity index (χ0n) is 9.14. The van der Waals surface area contributed by atoms with Crippen LogP contribution >= 0.6 is 0 Å². The van der Waals surface area contributed by atoms with Crippen molar-refractivity contribution in [2.45, 2.75) is 6.92 Å². The van der Waals surface area contributed by atoms with E-state index >= 15 is 0 Å². The molecule has 0 bridgehead atoms. The fourth-order valence-corrected chi connectivity index (χ4v) is 2.12. The number of nitrogens with two attached hydrogens (primary N) is 1. The van der Waals surface area contributed by atoms with E-state index in [1.165, 1.54) is 0 Å². The van der Waals surface area contributed by atoms with Crippen molar-refractivity contribution in [3.8, 4) is 5.75 Å². The van der Waals surface area contributed by atoms with Gasteiger partial charge in [0.2, 0.25) is 10.0 Å². The van der Waals surface area contributed by atoms with Gasteiger partial charge in [0.25, 0.3) is 0 Å². The molecule has 1 rings (SSSR count). The van der Waals surface area contributed by atoms with Gasteiger partial charge in [0, 0.05) is 6.54 Å². The molecule has 0 aliphatic rings. The van der Waals surface area contributed by atoms with Gasteiger partial charge in [-0.1, -0.05) is 12.1 Å². The number of hydrogen-bond donors (Lipinski definition) is 2. The second-order valence-corrected chi connectivity index (χ2v) is 4.98. The summed E-state index contributed by atoms with van der Waals surface area (Å²) in [6.45, 7) is 2.41. The number of benzene rings is 1. The van der Waals surface area contributed by atoms with Crippen molar-refractivity contribution in [3.05, 3.63) is 24.3 Å². The van der Waals surface area contributed by atoms with Crippen LogP contribution in [0.1, 0.15) is 6.92 Å². The van der Waals surface area contributed by atoms with Gasteiger partial charge in [-0.3, -0.25) is 4.72 Å². The average molecular weight is 244 g/mol. The van der Waals surface area contributed by atoms with Crippen molar-refractivity contribution in [2.24, 2.45) is 5.73 Å². The van der Waals surface area contributed by atoms with Crippen molar-refractivity contribution in [1.82, 2.24) is 0 Å². The Bertz CT molecular complexity index is 431. The Kier molecular flexibility index (Phi) is 4.57. The second kappa shape index (κ2) is 5.72. The molecule has 0 heterocycles. The largest absolute Gasteiger partial charge is 0.492 e. The summed E-state index contributed by atoms with van der Waals surface area (Å²) >= 11 is 0. The fraction of sp³-hybridized carbons (Fsp3) is 0.400. The molecule has 1 aromatic carbocycles. The Balaban J connectivity index is 2.88. The number of ether oxygens (including phenoxy) is 1. The molecule has 16 heavy (non-hydrogen) atoms. The minimum Gasteiger partial charge on any atom is -0.492 e. The Morgan fingerprint density at radius 1 is 1.38 bits per heavy atom. The maximum Gasteiger partial charge on any atom is 0.234 e. The molecule has 90 valence electrons. The lowest BCUT2D eigenvalue weighted by atomic mass is 10.3. The minimum atomic E-state index is -3.38. The second-order valence-electron chi connectivity index (χ2n) is 3.14. The third kappa shape index (κ3) is 3.71. The van der Waals surface area contributed by atoms with Crippen LogP contribution in [0.3, 0.4) is 0 Å². The van der Waals surface area contributed by atoms with Gasteiger partial charge in [-0.15, -0.1) is 0 Å². The molecule has 0 spiro atoms. The molecule has 5 nitrogen and oxygen atoms in total. The van der Waals surface area contributed by atoms with Crippen molar-refractivity contribution in [2.75, 3.05) is 23.6 Å². The Hall–Kier alpha value is -1.27. The first kappa shape index (κ1) is 12.8. The molecular weight excluding hydrogens is 228 g/mol.